The lowest BCUT2D eigenvalue weighted by Crippen LogP contribution is -2.26. The van der Waals surface area contributed by atoms with Crippen molar-refractivity contribution in [2.75, 3.05) is 20.8 Å². The number of nitrogens with zero attached hydrogens (tertiary/aromatic N) is 1. The van der Waals surface area contributed by atoms with Crippen LogP contribution >= 0.6 is 0 Å². The minimum atomic E-state index is -0.452. The van der Waals surface area contributed by atoms with Crippen molar-refractivity contribution in [2.24, 2.45) is 0 Å². The molecule has 6 heteroatoms. The van der Waals surface area contributed by atoms with Crippen molar-refractivity contribution in [1.82, 2.24) is 9.88 Å². The summed E-state index contributed by atoms with van der Waals surface area (Å²) in [7, 11) is 3.07. The highest BCUT2D eigenvalue weighted by Gasteiger charge is 2.18. The molecule has 0 aliphatic rings. The molecule has 0 aliphatic carbocycles. The first-order valence-electron chi connectivity index (χ1n) is 8.76. The molecule has 0 saturated heterocycles. The number of carbonyl (C=O) groups is 1. The Balaban J connectivity index is 1.84. The van der Waals surface area contributed by atoms with Crippen LogP contribution in [0.15, 0.2) is 48.7 Å². The monoisotopic (exact) mass is 370 g/mol. The topological polar surface area (TPSA) is 52.5 Å². The van der Waals surface area contributed by atoms with E-state index in [0.29, 0.717) is 24.3 Å². The van der Waals surface area contributed by atoms with Gasteiger partial charge in [0.15, 0.2) is 11.6 Å². The Morgan fingerprint density at radius 1 is 1.22 bits per heavy atom. The zero-order chi connectivity index (χ0) is 19.4. The van der Waals surface area contributed by atoms with Crippen molar-refractivity contribution >= 4 is 16.8 Å². The van der Waals surface area contributed by atoms with Gasteiger partial charge in [-0.15, -0.1) is 0 Å². The van der Waals surface area contributed by atoms with Crippen molar-refractivity contribution in [3.05, 3.63) is 65.6 Å². The molecular formula is C21H23FN2O3. The minimum absolute atomic E-state index is 0.179. The molecule has 0 spiro atoms. The van der Waals surface area contributed by atoms with Gasteiger partial charge in [0.25, 0.3) is 5.91 Å². The van der Waals surface area contributed by atoms with Gasteiger partial charge in [-0.25, -0.2) is 4.39 Å². The number of methoxy groups -OCH3 is 2. The Kier molecular flexibility index (Phi) is 5.76. The highest BCUT2D eigenvalue weighted by molar-refractivity contribution is 6.07. The molecule has 3 rings (SSSR count). The number of hydrogen-bond donors (Lipinski definition) is 1. The summed E-state index contributed by atoms with van der Waals surface area (Å²) in [4.78, 5) is 12.9. The minimum Gasteiger partial charge on any atom is -0.494 e. The molecule has 1 heterocycles. The van der Waals surface area contributed by atoms with E-state index < -0.39 is 5.82 Å². The number of carbonyl (C=O) groups excluding carboxylic acids is 1. The number of halogens is 1. The summed E-state index contributed by atoms with van der Waals surface area (Å²) in [6.45, 7) is 3.04. The lowest BCUT2D eigenvalue weighted by atomic mass is 10.1. The van der Waals surface area contributed by atoms with Gasteiger partial charge in [-0.05, 0) is 30.7 Å². The first-order valence-corrected chi connectivity index (χ1v) is 8.76. The summed E-state index contributed by atoms with van der Waals surface area (Å²) in [5.74, 6) is -0.475. The predicted octanol–water partition coefficient (Wildman–Crippen LogP) is 3.93. The summed E-state index contributed by atoms with van der Waals surface area (Å²) in [5.41, 5.74) is 2.23. The smallest absolute Gasteiger partial charge is 0.253 e. The highest BCUT2D eigenvalue weighted by atomic mass is 19.1. The highest BCUT2D eigenvalue weighted by Crippen LogP contribution is 2.24. The van der Waals surface area contributed by atoms with Gasteiger partial charge in [0.05, 0.1) is 25.3 Å². The van der Waals surface area contributed by atoms with E-state index in [-0.39, 0.29) is 17.7 Å². The normalized spacial score (nSPS) is 12.1. The van der Waals surface area contributed by atoms with Crippen molar-refractivity contribution in [3.8, 4) is 5.75 Å². The van der Waals surface area contributed by atoms with Crippen LogP contribution < -0.4 is 10.1 Å². The predicted molar refractivity (Wildman–Crippen MR) is 103 cm³/mol. The fraction of sp³-hybridized carbons (Fsp3) is 0.286. The van der Waals surface area contributed by atoms with Crippen LogP contribution in [0.1, 0.15) is 28.9 Å². The SMILES string of the molecule is COCCn1cc(C(=O)N[C@@H](C)c2ccc(OC)c(F)c2)c2ccccc21. The Bertz CT molecular complexity index is 952. The van der Waals surface area contributed by atoms with E-state index in [0.717, 1.165) is 10.9 Å². The maximum absolute atomic E-state index is 13.9. The number of fused-ring (bicyclic) bond motifs is 1. The second kappa shape index (κ2) is 8.22. The van der Waals surface area contributed by atoms with Gasteiger partial charge in [0.1, 0.15) is 0 Å². The van der Waals surface area contributed by atoms with Crippen molar-refractivity contribution in [1.29, 1.82) is 0 Å². The van der Waals surface area contributed by atoms with Crippen LogP contribution in [0.3, 0.4) is 0 Å². The second-order valence-corrected chi connectivity index (χ2v) is 6.34. The Hall–Kier alpha value is -2.86. The zero-order valence-corrected chi connectivity index (χ0v) is 15.7. The summed E-state index contributed by atoms with van der Waals surface area (Å²) in [5, 5.41) is 3.82. The number of para-hydroxylation sites is 1. The summed E-state index contributed by atoms with van der Waals surface area (Å²) in [6.07, 6.45) is 1.83. The number of nitrogens with one attached hydrogen (secondary N) is 1. The first kappa shape index (κ1) is 18.9. The molecule has 3 aromatic rings. The van der Waals surface area contributed by atoms with Gasteiger partial charge in [0, 0.05) is 30.8 Å². The van der Waals surface area contributed by atoms with E-state index in [1.807, 2.05) is 42.0 Å². The van der Waals surface area contributed by atoms with E-state index >= 15 is 0 Å². The van der Waals surface area contributed by atoms with Crippen molar-refractivity contribution in [2.45, 2.75) is 19.5 Å². The van der Waals surface area contributed by atoms with Crippen molar-refractivity contribution in [3.63, 3.8) is 0 Å². The average Bonchev–Trinajstić information content (AvgIpc) is 3.05. The molecule has 1 amide bonds. The number of rotatable bonds is 7. The number of benzene rings is 2. The molecule has 0 saturated carbocycles. The van der Waals surface area contributed by atoms with Gasteiger partial charge in [-0.3, -0.25) is 4.79 Å². The third-order valence-electron chi connectivity index (χ3n) is 4.59. The summed E-state index contributed by atoms with van der Waals surface area (Å²) >= 11 is 0. The first-order chi connectivity index (χ1) is 13.0. The Labute approximate surface area is 157 Å². The molecule has 27 heavy (non-hydrogen) atoms. The standard InChI is InChI=1S/C21H23FN2O3/c1-14(15-8-9-20(27-3)18(22)12-15)23-21(25)17-13-24(10-11-26-2)19-7-5-4-6-16(17)19/h4-9,12-14H,10-11H2,1-3H3,(H,23,25)/t14-/m0/s1. The van der Waals surface area contributed by atoms with E-state index in [9.17, 15) is 9.18 Å². The van der Waals surface area contributed by atoms with Crippen LogP contribution in [0, 0.1) is 5.82 Å². The van der Waals surface area contributed by atoms with Crippen LogP contribution in [0.25, 0.3) is 10.9 Å². The zero-order valence-electron chi connectivity index (χ0n) is 15.7. The van der Waals surface area contributed by atoms with Crippen LogP contribution in [0.2, 0.25) is 0 Å². The Morgan fingerprint density at radius 2 is 2.00 bits per heavy atom. The number of aromatic nitrogens is 1. The number of amides is 1. The Morgan fingerprint density at radius 3 is 2.70 bits per heavy atom. The van der Waals surface area contributed by atoms with E-state index in [1.165, 1.54) is 13.2 Å². The lowest BCUT2D eigenvalue weighted by Gasteiger charge is -2.15. The van der Waals surface area contributed by atoms with Gasteiger partial charge in [-0.1, -0.05) is 24.3 Å². The number of ether oxygens (including phenoxy) is 2. The quantitative estimate of drug-likeness (QED) is 0.686. The van der Waals surface area contributed by atoms with E-state index in [2.05, 4.69) is 5.32 Å². The molecular weight excluding hydrogens is 347 g/mol. The maximum atomic E-state index is 13.9. The molecule has 0 aliphatic heterocycles. The maximum Gasteiger partial charge on any atom is 0.253 e. The van der Waals surface area contributed by atoms with Crippen LogP contribution in [-0.2, 0) is 11.3 Å². The molecule has 0 fully saturated rings. The molecule has 5 nitrogen and oxygen atoms in total. The summed E-state index contributed by atoms with van der Waals surface area (Å²) < 4.78 is 26.0. The fourth-order valence-electron chi connectivity index (χ4n) is 3.11. The van der Waals surface area contributed by atoms with Crippen LogP contribution in [0.4, 0.5) is 4.39 Å². The molecule has 0 bridgehead atoms. The van der Waals surface area contributed by atoms with Gasteiger partial charge >= 0.3 is 0 Å². The average molecular weight is 370 g/mol. The largest absolute Gasteiger partial charge is 0.494 e. The van der Waals surface area contributed by atoms with Crippen LogP contribution in [-0.4, -0.2) is 31.3 Å². The molecule has 0 unspecified atom stereocenters. The molecule has 0 radical (unpaired) electrons. The van der Waals surface area contributed by atoms with E-state index in [4.69, 9.17) is 9.47 Å². The lowest BCUT2D eigenvalue weighted by molar-refractivity contribution is 0.0941. The molecule has 1 aromatic heterocycles. The molecule has 142 valence electrons. The van der Waals surface area contributed by atoms with Gasteiger partial charge in [-0.2, -0.15) is 0 Å². The molecule has 1 N–H and O–H groups in total. The van der Waals surface area contributed by atoms with E-state index in [1.54, 1.807) is 19.2 Å². The van der Waals surface area contributed by atoms with Gasteiger partial charge in [0.2, 0.25) is 0 Å². The summed E-state index contributed by atoms with van der Waals surface area (Å²) in [6, 6.07) is 12.1. The second-order valence-electron chi connectivity index (χ2n) is 6.34. The van der Waals surface area contributed by atoms with Crippen molar-refractivity contribution < 1.29 is 18.7 Å². The van der Waals surface area contributed by atoms with Gasteiger partial charge < -0.3 is 19.4 Å². The fourth-order valence-corrected chi connectivity index (χ4v) is 3.11. The molecule has 2 aromatic carbocycles. The number of hydrogen-bond acceptors (Lipinski definition) is 3. The molecule has 1 atom stereocenters. The third-order valence-corrected chi connectivity index (χ3v) is 4.59. The third kappa shape index (κ3) is 3.95. The van der Waals surface area contributed by atoms with Crippen LogP contribution in [0.5, 0.6) is 5.75 Å².